The van der Waals surface area contributed by atoms with Crippen LogP contribution in [-0.4, -0.2) is 48.1 Å². The zero-order valence-corrected chi connectivity index (χ0v) is 10.6. The SMILES string of the molecule is N#CCN1CCC(NC2CCSCC2)CC1. The Morgan fingerprint density at radius 1 is 1.12 bits per heavy atom. The Morgan fingerprint density at radius 2 is 1.75 bits per heavy atom. The molecule has 2 heterocycles. The molecule has 2 saturated heterocycles. The van der Waals surface area contributed by atoms with E-state index >= 15 is 0 Å². The average Bonchev–Trinajstić information content (AvgIpc) is 2.33. The van der Waals surface area contributed by atoms with Gasteiger partial charge in [0.15, 0.2) is 0 Å². The zero-order valence-electron chi connectivity index (χ0n) is 9.82. The summed E-state index contributed by atoms with van der Waals surface area (Å²) < 4.78 is 0. The van der Waals surface area contributed by atoms with Gasteiger partial charge in [-0.25, -0.2) is 0 Å². The van der Waals surface area contributed by atoms with E-state index in [4.69, 9.17) is 5.26 Å². The van der Waals surface area contributed by atoms with E-state index in [1.165, 1.54) is 37.2 Å². The molecule has 0 radical (unpaired) electrons. The van der Waals surface area contributed by atoms with E-state index in [2.05, 4.69) is 28.0 Å². The van der Waals surface area contributed by atoms with Gasteiger partial charge in [0.1, 0.15) is 0 Å². The van der Waals surface area contributed by atoms with E-state index in [0.29, 0.717) is 12.6 Å². The molecule has 0 bridgehead atoms. The molecule has 0 spiro atoms. The standard InChI is InChI=1S/C12H21N3S/c13-5-8-15-6-1-11(2-7-15)14-12-3-9-16-10-4-12/h11-12,14H,1-4,6-10H2. The molecule has 0 aromatic heterocycles. The van der Waals surface area contributed by atoms with Crippen LogP contribution in [0.5, 0.6) is 0 Å². The predicted octanol–water partition coefficient (Wildman–Crippen LogP) is 1.46. The molecule has 16 heavy (non-hydrogen) atoms. The smallest absolute Gasteiger partial charge is 0.0866 e. The lowest BCUT2D eigenvalue weighted by atomic mass is 10.0. The van der Waals surface area contributed by atoms with Crippen LogP contribution in [0.4, 0.5) is 0 Å². The third-order valence-corrected chi connectivity index (χ3v) is 4.62. The highest BCUT2D eigenvalue weighted by Gasteiger charge is 2.22. The summed E-state index contributed by atoms with van der Waals surface area (Å²) in [5.74, 6) is 2.65. The van der Waals surface area contributed by atoms with Crippen molar-refractivity contribution in [2.24, 2.45) is 0 Å². The van der Waals surface area contributed by atoms with Crippen molar-refractivity contribution in [3.8, 4) is 6.07 Å². The monoisotopic (exact) mass is 239 g/mol. The van der Waals surface area contributed by atoms with Gasteiger partial charge < -0.3 is 5.32 Å². The van der Waals surface area contributed by atoms with E-state index in [0.717, 1.165) is 19.1 Å². The average molecular weight is 239 g/mol. The highest BCUT2D eigenvalue weighted by molar-refractivity contribution is 7.99. The van der Waals surface area contributed by atoms with Gasteiger partial charge in [-0.3, -0.25) is 4.90 Å². The maximum atomic E-state index is 8.64. The second-order valence-corrected chi connectivity index (χ2v) is 5.99. The van der Waals surface area contributed by atoms with Crippen molar-refractivity contribution in [1.82, 2.24) is 10.2 Å². The van der Waals surface area contributed by atoms with Crippen molar-refractivity contribution >= 4 is 11.8 Å². The van der Waals surface area contributed by atoms with Crippen molar-refractivity contribution in [2.75, 3.05) is 31.1 Å². The van der Waals surface area contributed by atoms with Gasteiger partial charge in [0, 0.05) is 25.2 Å². The molecule has 0 aromatic rings. The van der Waals surface area contributed by atoms with Gasteiger partial charge in [-0.05, 0) is 37.2 Å². The van der Waals surface area contributed by atoms with Crippen molar-refractivity contribution < 1.29 is 0 Å². The summed E-state index contributed by atoms with van der Waals surface area (Å²) in [5.41, 5.74) is 0. The van der Waals surface area contributed by atoms with Gasteiger partial charge in [-0.1, -0.05) is 0 Å². The lowest BCUT2D eigenvalue weighted by Crippen LogP contribution is -2.47. The first-order valence-electron chi connectivity index (χ1n) is 6.31. The van der Waals surface area contributed by atoms with Crippen molar-refractivity contribution in [2.45, 2.75) is 37.8 Å². The fourth-order valence-electron chi connectivity index (χ4n) is 2.56. The third-order valence-electron chi connectivity index (χ3n) is 3.57. The molecule has 0 aliphatic carbocycles. The van der Waals surface area contributed by atoms with E-state index in [-0.39, 0.29) is 0 Å². The first kappa shape index (κ1) is 12.2. The first-order chi connectivity index (χ1) is 7.88. The Bertz CT molecular complexity index is 237. The Morgan fingerprint density at radius 3 is 2.38 bits per heavy atom. The molecule has 4 heteroatoms. The van der Waals surface area contributed by atoms with Gasteiger partial charge in [0.25, 0.3) is 0 Å². The molecule has 2 rings (SSSR count). The van der Waals surface area contributed by atoms with Crippen molar-refractivity contribution in [3.05, 3.63) is 0 Å². The van der Waals surface area contributed by atoms with Gasteiger partial charge in [0.2, 0.25) is 0 Å². The van der Waals surface area contributed by atoms with Gasteiger partial charge in [-0.15, -0.1) is 0 Å². The number of nitriles is 1. The van der Waals surface area contributed by atoms with Crippen LogP contribution in [0.2, 0.25) is 0 Å². The van der Waals surface area contributed by atoms with E-state index < -0.39 is 0 Å². The van der Waals surface area contributed by atoms with Crippen LogP contribution in [0.15, 0.2) is 0 Å². The summed E-state index contributed by atoms with van der Waals surface area (Å²) in [6.07, 6.45) is 5.10. The van der Waals surface area contributed by atoms with Gasteiger partial charge in [0.05, 0.1) is 12.6 Å². The minimum atomic E-state index is 0.604. The van der Waals surface area contributed by atoms with Crippen LogP contribution in [-0.2, 0) is 0 Å². The molecule has 0 amide bonds. The molecular weight excluding hydrogens is 218 g/mol. The molecule has 0 unspecified atom stereocenters. The normalized spacial score (nSPS) is 25.4. The molecule has 2 aliphatic heterocycles. The fourth-order valence-corrected chi connectivity index (χ4v) is 3.66. The summed E-state index contributed by atoms with van der Waals surface area (Å²) in [6.45, 7) is 2.78. The number of hydrogen-bond donors (Lipinski definition) is 1. The molecule has 90 valence electrons. The van der Waals surface area contributed by atoms with E-state index in [1.54, 1.807) is 0 Å². The summed E-state index contributed by atoms with van der Waals surface area (Å²) in [4.78, 5) is 2.26. The largest absolute Gasteiger partial charge is 0.311 e. The van der Waals surface area contributed by atoms with E-state index in [1.807, 2.05) is 0 Å². The maximum absolute atomic E-state index is 8.64. The molecule has 1 N–H and O–H groups in total. The quantitative estimate of drug-likeness (QED) is 0.757. The number of thioether (sulfide) groups is 1. The highest BCUT2D eigenvalue weighted by Crippen LogP contribution is 2.19. The zero-order chi connectivity index (χ0) is 11.2. The van der Waals surface area contributed by atoms with Crippen molar-refractivity contribution in [3.63, 3.8) is 0 Å². The molecule has 0 saturated carbocycles. The van der Waals surface area contributed by atoms with Crippen LogP contribution < -0.4 is 5.32 Å². The van der Waals surface area contributed by atoms with Crippen molar-refractivity contribution in [1.29, 1.82) is 5.26 Å². The van der Waals surface area contributed by atoms with Gasteiger partial charge >= 0.3 is 0 Å². The van der Waals surface area contributed by atoms with Gasteiger partial charge in [-0.2, -0.15) is 17.0 Å². The molecular formula is C12H21N3S. The summed E-state index contributed by atoms with van der Waals surface area (Å²) in [7, 11) is 0. The van der Waals surface area contributed by atoms with Crippen LogP contribution in [0.25, 0.3) is 0 Å². The van der Waals surface area contributed by atoms with E-state index in [9.17, 15) is 0 Å². The third kappa shape index (κ3) is 3.65. The second-order valence-electron chi connectivity index (χ2n) is 4.76. The summed E-state index contributed by atoms with van der Waals surface area (Å²) >= 11 is 2.08. The van der Waals surface area contributed by atoms with Crippen LogP contribution in [0.1, 0.15) is 25.7 Å². The predicted molar refractivity (Wildman–Crippen MR) is 68.6 cm³/mol. The first-order valence-corrected chi connectivity index (χ1v) is 7.47. The Kier molecular flexibility index (Phi) is 4.95. The molecule has 0 aromatic carbocycles. The minimum Gasteiger partial charge on any atom is -0.311 e. The Labute approximate surface area is 103 Å². The molecule has 2 fully saturated rings. The number of nitrogens with zero attached hydrogens (tertiary/aromatic N) is 2. The lowest BCUT2D eigenvalue weighted by molar-refractivity contribution is 0.206. The molecule has 2 aliphatic rings. The molecule has 3 nitrogen and oxygen atoms in total. The number of hydrogen-bond acceptors (Lipinski definition) is 4. The minimum absolute atomic E-state index is 0.604. The topological polar surface area (TPSA) is 39.1 Å². The fraction of sp³-hybridized carbons (Fsp3) is 0.917. The van der Waals surface area contributed by atoms with Crippen LogP contribution >= 0.6 is 11.8 Å². The number of nitrogens with one attached hydrogen (secondary N) is 1. The maximum Gasteiger partial charge on any atom is 0.0866 e. The van der Waals surface area contributed by atoms with Crippen LogP contribution in [0, 0.1) is 11.3 Å². The summed E-state index contributed by atoms with van der Waals surface area (Å²) in [5, 5.41) is 12.4. The summed E-state index contributed by atoms with van der Waals surface area (Å²) in [6, 6.07) is 3.69. The number of piperidine rings is 1. The Balaban J connectivity index is 1.66. The Hall–Kier alpha value is -0.240. The second kappa shape index (κ2) is 6.48. The number of rotatable bonds is 3. The molecule has 0 atom stereocenters. The van der Waals surface area contributed by atoms with Crippen LogP contribution in [0.3, 0.4) is 0 Å². The number of likely N-dealkylation sites (tertiary alicyclic amines) is 1. The highest BCUT2D eigenvalue weighted by atomic mass is 32.2. The lowest BCUT2D eigenvalue weighted by Gasteiger charge is -2.34.